The van der Waals surface area contributed by atoms with Crippen molar-refractivity contribution in [1.82, 2.24) is 4.90 Å². The second-order valence-corrected chi connectivity index (χ2v) is 5.01. The number of likely N-dealkylation sites (tertiary alicyclic amines) is 1. The number of nitrogens with zero attached hydrogens (tertiary/aromatic N) is 1. The third kappa shape index (κ3) is 3.08. The molecule has 9 heteroatoms. The lowest BCUT2D eigenvalue weighted by Gasteiger charge is -2.56. The Balaban J connectivity index is 1.94. The lowest BCUT2D eigenvalue weighted by Crippen LogP contribution is -2.69. The third-order valence-electron chi connectivity index (χ3n) is 3.20. The highest BCUT2D eigenvalue weighted by atomic mass is 19.1. The minimum Gasteiger partial charge on any atom is -0.488 e. The lowest BCUT2D eigenvalue weighted by atomic mass is 9.26. The zero-order valence-electron chi connectivity index (χ0n) is 10.7. The number of halogens is 2. The van der Waals surface area contributed by atoms with Crippen LogP contribution in [0.25, 0.3) is 0 Å². The Kier molecular flexibility index (Phi) is 4.02. The molecule has 1 aromatic carbocycles. The molecule has 20 heavy (non-hydrogen) atoms. The van der Waals surface area contributed by atoms with Gasteiger partial charge < -0.3 is 9.64 Å². The fraction of sp³-hybridized carbons (Fsp3) is 0.455. The van der Waals surface area contributed by atoms with Crippen LogP contribution in [0, 0.1) is 11.6 Å². The minimum absolute atomic E-state index is 0.0892. The number of ether oxygens (including phenoxy) is 1. The van der Waals surface area contributed by atoms with E-state index in [0.717, 1.165) is 18.2 Å². The first-order chi connectivity index (χ1) is 9.09. The van der Waals surface area contributed by atoms with E-state index in [9.17, 15) is 8.78 Å². The van der Waals surface area contributed by atoms with Gasteiger partial charge in [0.25, 0.3) is 0 Å². The Hall–Kier alpha value is -0.835. The normalized spacial score (nSPS) is 17.7. The third-order valence-corrected chi connectivity index (χ3v) is 3.20. The van der Waals surface area contributed by atoms with Crippen LogP contribution in [-0.4, -0.2) is 68.7 Å². The molecule has 0 spiro atoms. The first-order valence-electron chi connectivity index (χ1n) is 5.92. The largest absolute Gasteiger partial charge is 0.488 e. The van der Waals surface area contributed by atoms with Crippen molar-refractivity contribution < 1.29 is 13.5 Å². The van der Waals surface area contributed by atoms with E-state index in [1.807, 2.05) is 0 Å². The fourth-order valence-corrected chi connectivity index (χ4v) is 1.88. The minimum atomic E-state index is -1.79. The average molecular weight is 262 g/mol. The van der Waals surface area contributed by atoms with Gasteiger partial charge in [0.1, 0.15) is 23.5 Å². The molecule has 0 amide bonds. The molecule has 1 heterocycles. The van der Waals surface area contributed by atoms with Crippen LogP contribution in [0.1, 0.15) is 0 Å². The van der Waals surface area contributed by atoms with Gasteiger partial charge in [-0.1, -0.05) is 5.34 Å². The van der Waals surface area contributed by atoms with Gasteiger partial charge in [-0.05, 0) is 0 Å². The van der Waals surface area contributed by atoms with Gasteiger partial charge in [0.05, 0.1) is 39.2 Å². The zero-order valence-corrected chi connectivity index (χ0v) is 10.7. The van der Waals surface area contributed by atoms with Crippen molar-refractivity contribution >= 4 is 39.2 Å². The van der Waals surface area contributed by atoms with Gasteiger partial charge in [-0.15, -0.1) is 5.11 Å². The van der Waals surface area contributed by atoms with E-state index in [4.69, 9.17) is 44.0 Å². The van der Waals surface area contributed by atoms with Crippen molar-refractivity contribution in [3.63, 3.8) is 0 Å². The van der Waals surface area contributed by atoms with Gasteiger partial charge in [-0.25, -0.2) is 8.78 Å². The molecule has 0 aromatic heterocycles. The maximum atomic E-state index is 13.0. The smallest absolute Gasteiger partial charge is 0.129 e. The summed E-state index contributed by atoms with van der Waals surface area (Å²) < 4.78 is 31.4. The highest BCUT2D eigenvalue weighted by molar-refractivity contribution is 6.67. The Morgan fingerprint density at radius 1 is 1.00 bits per heavy atom. The topological polar surface area (TPSA) is 12.5 Å². The van der Waals surface area contributed by atoms with Crippen molar-refractivity contribution in [1.29, 1.82) is 0 Å². The first kappa shape index (κ1) is 15.6. The number of hydrogen-bond donors (Lipinski definition) is 0. The predicted molar refractivity (Wildman–Crippen MR) is 76.5 cm³/mol. The second-order valence-electron chi connectivity index (χ2n) is 5.01. The Morgan fingerprint density at radius 2 is 1.50 bits per heavy atom. The van der Waals surface area contributed by atoms with Crippen molar-refractivity contribution in [3.05, 3.63) is 29.8 Å². The van der Waals surface area contributed by atoms with E-state index >= 15 is 0 Å². The van der Waals surface area contributed by atoms with Gasteiger partial charge in [0.2, 0.25) is 0 Å². The number of benzene rings is 1. The quantitative estimate of drug-likeness (QED) is 0.685. The molecule has 0 aliphatic carbocycles. The monoisotopic (exact) mass is 263 g/mol. The van der Waals surface area contributed by atoms with Crippen molar-refractivity contribution in [2.45, 2.75) is 16.6 Å². The molecule has 10 radical (unpaired) electrons. The molecule has 0 atom stereocenters. The molecule has 2 nitrogen and oxygen atoms in total. The highest BCUT2D eigenvalue weighted by Crippen LogP contribution is 2.33. The van der Waals surface area contributed by atoms with Crippen LogP contribution in [0.5, 0.6) is 5.75 Å². The van der Waals surface area contributed by atoms with Crippen LogP contribution < -0.4 is 4.74 Å². The summed E-state index contributed by atoms with van der Waals surface area (Å²) in [5.41, 5.74) is 0. The van der Waals surface area contributed by atoms with E-state index in [1.165, 1.54) is 4.90 Å². The van der Waals surface area contributed by atoms with Crippen LogP contribution in [-0.2, 0) is 0 Å². The summed E-state index contributed by atoms with van der Waals surface area (Å²) in [4.78, 5) is 1.52. The first-order valence-corrected chi connectivity index (χ1v) is 5.92. The molecular weight excluding hydrogens is 254 g/mol. The summed E-state index contributed by atoms with van der Waals surface area (Å²) in [7, 11) is 28.0. The fourth-order valence-electron chi connectivity index (χ4n) is 1.88. The van der Waals surface area contributed by atoms with Crippen LogP contribution in [0.3, 0.4) is 0 Å². The standard InChI is InChI=1S/C11H8B5F2NO/c12-10(13,14)11(15,16)19-4-9(5-19)20-8-2-6(17)1-7(18)3-8/h1-3,9H,4-5H2. The summed E-state index contributed by atoms with van der Waals surface area (Å²) >= 11 is 0. The van der Waals surface area contributed by atoms with Crippen LogP contribution in [0.15, 0.2) is 18.2 Å². The maximum Gasteiger partial charge on any atom is 0.129 e. The molecule has 2 rings (SSSR count). The van der Waals surface area contributed by atoms with E-state index in [0.29, 0.717) is 13.1 Å². The highest BCUT2D eigenvalue weighted by Gasteiger charge is 2.42. The van der Waals surface area contributed by atoms with Gasteiger partial charge in [-0.3, -0.25) is 0 Å². The van der Waals surface area contributed by atoms with Crippen molar-refractivity contribution in [2.24, 2.45) is 0 Å². The summed E-state index contributed by atoms with van der Waals surface area (Å²) in [5, 5.41) is -3.40. The predicted octanol–water partition coefficient (Wildman–Crippen LogP) is -0.402. The second kappa shape index (κ2) is 5.17. The maximum absolute atomic E-state index is 13.0. The Labute approximate surface area is 123 Å². The van der Waals surface area contributed by atoms with Crippen LogP contribution >= 0.6 is 0 Å². The molecule has 1 aromatic rings. The van der Waals surface area contributed by atoms with E-state index in [-0.39, 0.29) is 11.9 Å². The SMILES string of the molecule is [B]C([B])([B])C([B])([B])N1CC(Oc2cc(F)cc(F)c2)C1. The van der Waals surface area contributed by atoms with Crippen LogP contribution in [0.4, 0.5) is 8.78 Å². The van der Waals surface area contributed by atoms with Gasteiger partial charge in [0.15, 0.2) is 0 Å². The summed E-state index contributed by atoms with van der Waals surface area (Å²) in [6.45, 7) is 0.580. The average Bonchev–Trinajstić information content (AvgIpc) is 2.19. The van der Waals surface area contributed by atoms with E-state index in [2.05, 4.69) is 0 Å². The summed E-state index contributed by atoms with van der Waals surface area (Å²) in [5.74, 6) is -1.34. The van der Waals surface area contributed by atoms with Gasteiger partial charge >= 0.3 is 0 Å². The van der Waals surface area contributed by atoms with E-state index < -0.39 is 22.1 Å². The molecule has 0 N–H and O–H groups in total. The molecule has 0 unspecified atom stereocenters. The van der Waals surface area contributed by atoms with E-state index in [1.54, 1.807) is 0 Å². The van der Waals surface area contributed by atoms with Crippen molar-refractivity contribution in [2.75, 3.05) is 13.1 Å². The summed E-state index contributed by atoms with van der Waals surface area (Å²) in [6.07, 6.45) is -0.329. The molecule has 92 valence electrons. The molecule has 1 aliphatic heterocycles. The zero-order chi connectivity index (χ0) is 15.1. The van der Waals surface area contributed by atoms with Gasteiger partial charge in [0, 0.05) is 31.3 Å². The Morgan fingerprint density at radius 3 is 1.95 bits per heavy atom. The molecule has 1 saturated heterocycles. The molecule has 1 aliphatic rings. The Bertz CT molecular complexity index is 482. The van der Waals surface area contributed by atoms with Crippen LogP contribution in [0.2, 0.25) is 5.11 Å². The molecule has 0 saturated carbocycles. The molecule has 1 fully saturated rings. The molecular formula is C11H8B5F2NO. The number of hydrogen-bond acceptors (Lipinski definition) is 2. The number of rotatable bonds is 4. The molecule has 0 bridgehead atoms. The summed E-state index contributed by atoms with van der Waals surface area (Å²) in [6, 6.07) is 2.93. The lowest BCUT2D eigenvalue weighted by molar-refractivity contribution is -0.000728. The van der Waals surface area contributed by atoms with Crippen molar-refractivity contribution in [3.8, 4) is 5.75 Å². The van der Waals surface area contributed by atoms with Gasteiger partial charge in [-0.2, -0.15) is 0 Å².